The van der Waals surface area contributed by atoms with E-state index >= 15 is 0 Å². The van der Waals surface area contributed by atoms with Crippen LogP contribution in [0, 0.1) is 0 Å². The van der Waals surface area contributed by atoms with Gasteiger partial charge in [-0.05, 0) is 43.3 Å². The summed E-state index contributed by atoms with van der Waals surface area (Å²) in [5, 5.41) is 2.79. The third-order valence-corrected chi connectivity index (χ3v) is 4.64. The van der Waals surface area contributed by atoms with Gasteiger partial charge in [0.05, 0.1) is 11.5 Å². The number of ether oxygens (including phenoxy) is 1. The largest absolute Gasteiger partial charge is 0.383 e. The monoisotopic (exact) mass is 348 g/mol. The molecule has 2 aromatic carbocycles. The van der Waals surface area contributed by atoms with Crippen molar-refractivity contribution >= 4 is 21.6 Å². The van der Waals surface area contributed by atoms with Crippen LogP contribution in [-0.4, -0.2) is 34.1 Å². The van der Waals surface area contributed by atoms with Gasteiger partial charge in [0, 0.05) is 24.4 Å². The van der Waals surface area contributed by atoms with Crippen LogP contribution in [0.3, 0.4) is 0 Å². The van der Waals surface area contributed by atoms with Gasteiger partial charge in [0.15, 0.2) is 0 Å². The molecule has 2 rings (SSSR count). The first-order valence-electron chi connectivity index (χ1n) is 7.40. The molecule has 0 radical (unpaired) electrons. The molecule has 0 aromatic heterocycles. The lowest BCUT2D eigenvalue weighted by atomic mass is 10.2. The molecule has 0 spiro atoms. The third kappa shape index (κ3) is 4.81. The maximum absolute atomic E-state index is 12.2. The molecule has 0 heterocycles. The standard InChI is InChI=1S/C17H20N2O4S/c1-13(12-23-2)18-17(20)14-8-10-15(11-9-14)19-24(21,22)16-6-4-3-5-7-16/h3-11,13,19H,12H2,1-2H3,(H,18,20). The van der Waals surface area contributed by atoms with Gasteiger partial charge in [0.1, 0.15) is 0 Å². The molecular formula is C17H20N2O4S. The van der Waals surface area contributed by atoms with Crippen LogP contribution in [0.1, 0.15) is 17.3 Å². The fourth-order valence-corrected chi connectivity index (χ4v) is 3.18. The Morgan fingerprint density at radius 3 is 2.29 bits per heavy atom. The lowest BCUT2D eigenvalue weighted by Crippen LogP contribution is -2.35. The number of hydrogen-bond acceptors (Lipinski definition) is 4. The molecular weight excluding hydrogens is 328 g/mol. The van der Waals surface area contributed by atoms with Gasteiger partial charge >= 0.3 is 0 Å². The maximum Gasteiger partial charge on any atom is 0.261 e. The van der Waals surface area contributed by atoms with Crippen molar-refractivity contribution in [3.8, 4) is 0 Å². The number of amides is 1. The predicted octanol–water partition coefficient (Wildman–Crippen LogP) is 2.25. The summed E-state index contributed by atoms with van der Waals surface area (Å²) in [6, 6.07) is 14.2. The molecule has 0 saturated heterocycles. The molecule has 0 aliphatic rings. The van der Waals surface area contributed by atoms with E-state index in [1.165, 1.54) is 12.1 Å². The number of rotatable bonds is 7. The molecule has 24 heavy (non-hydrogen) atoms. The molecule has 0 aliphatic carbocycles. The Morgan fingerprint density at radius 1 is 1.08 bits per heavy atom. The van der Waals surface area contributed by atoms with Crippen molar-refractivity contribution < 1.29 is 17.9 Å². The summed E-state index contributed by atoms with van der Waals surface area (Å²) in [6.45, 7) is 2.25. The number of hydrogen-bond donors (Lipinski definition) is 2. The topological polar surface area (TPSA) is 84.5 Å². The highest BCUT2D eigenvalue weighted by molar-refractivity contribution is 7.92. The fraction of sp³-hybridized carbons (Fsp3) is 0.235. The van der Waals surface area contributed by atoms with E-state index in [0.717, 1.165) is 0 Å². The number of carbonyl (C=O) groups excluding carboxylic acids is 1. The minimum absolute atomic E-state index is 0.112. The molecule has 1 atom stereocenters. The second-order valence-corrected chi connectivity index (χ2v) is 7.01. The Balaban J connectivity index is 2.06. The summed E-state index contributed by atoms with van der Waals surface area (Å²) < 4.78 is 31.9. The smallest absolute Gasteiger partial charge is 0.261 e. The van der Waals surface area contributed by atoms with Crippen LogP contribution in [0.15, 0.2) is 59.5 Å². The van der Waals surface area contributed by atoms with E-state index in [9.17, 15) is 13.2 Å². The lowest BCUT2D eigenvalue weighted by molar-refractivity contribution is 0.0905. The zero-order chi connectivity index (χ0) is 17.6. The molecule has 0 fully saturated rings. The van der Waals surface area contributed by atoms with E-state index in [-0.39, 0.29) is 16.8 Å². The Labute approximate surface area is 141 Å². The van der Waals surface area contributed by atoms with Crippen molar-refractivity contribution in [3.05, 3.63) is 60.2 Å². The quantitative estimate of drug-likeness (QED) is 0.804. The molecule has 2 aromatic rings. The van der Waals surface area contributed by atoms with Crippen molar-refractivity contribution in [1.29, 1.82) is 0 Å². The van der Waals surface area contributed by atoms with Crippen LogP contribution in [0.4, 0.5) is 5.69 Å². The fourth-order valence-electron chi connectivity index (χ4n) is 2.10. The minimum Gasteiger partial charge on any atom is -0.383 e. The molecule has 1 amide bonds. The van der Waals surface area contributed by atoms with Crippen molar-refractivity contribution in [2.75, 3.05) is 18.4 Å². The van der Waals surface area contributed by atoms with E-state index in [1.54, 1.807) is 49.6 Å². The van der Waals surface area contributed by atoms with Crippen molar-refractivity contribution in [3.63, 3.8) is 0 Å². The van der Waals surface area contributed by atoms with Crippen molar-refractivity contribution in [2.24, 2.45) is 0 Å². The van der Waals surface area contributed by atoms with E-state index in [2.05, 4.69) is 10.0 Å². The van der Waals surface area contributed by atoms with Gasteiger partial charge < -0.3 is 10.1 Å². The average molecular weight is 348 g/mol. The van der Waals surface area contributed by atoms with Gasteiger partial charge in [-0.2, -0.15) is 0 Å². The number of carbonyl (C=O) groups is 1. The van der Waals surface area contributed by atoms with E-state index in [4.69, 9.17) is 4.74 Å². The number of methoxy groups -OCH3 is 1. The van der Waals surface area contributed by atoms with Gasteiger partial charge in [0.2, 0.25) is 0 Å². The SMILES string of the molecule is COCC(C)NC(=O)c1ccc(NS(=O)(=O)c2ccccc2)cc1. The molecule has 6 nitrogen and oxygen atoms in total. The first kappa shape index (κ1) is 18.0. The molecule has 2 N–H and O–H groups in total. The predicted molar refractivity (Wildman–Crippen MR) is 92.5 cm³/mol. The summed E-state index contributed by atoms with van der Waals surface area (Å²) in [6.07, 6.45) is 0. The van der Waals surface area contributed by atoms with Crippen molar-refractivity contribution in [1.82, 2.24) is 5.32 Å². The first-order chi connectivity index (χ1) is 11.4. The van der Waals surface area contributed by atoms with Gasteiger partial charge in [-0.25, -0.2) is 8.42 Å². The molecule has 0 aliphatic heterocycles. The van der Waals surface area contributed by atoms with E-state index < -0.39 is 10.0 Å². The average Bonchev–Trinajstić information content (AvgIpc) is 2.56. The first-order valence-corrected chi connectivity index (χ1v) is 8.88. The van der Waals surface area contributed by atoms with Gasteiger partial charge in [-0.3, -0.25) is 9.52 Å². The van der Waals surface area contributed by atoms with Gasteiger partial charge in [-0.1, -0.05) is 18.2 Å². The second-order valence-electron chi connectivity index (χ2n) is 5.33. The van der Waals surface area contributed by atoms with Crippen LogP contribution in [0.25, 0.3) is 0 Å². The molecule has 0 bridgehead atoms. The Kier molecular flexibility index (Phi) is 5.94. The summed E-state index contributed by atoms with van der Waals surface area (Å²) in [5.41, 5.74) is 0.834. The summed E-state index contributed by atoms with van der Waals surface area (Å²) in [7, 11) is -2.07. The number of nitrogens with one attached hydrogen (secondary N) is 2. The molecule has 128 valence electrons. The van der Waals surface area contributed by atoms with E-state index in [0.29, 0.717) is 17.9 Å². The van der Waals surface area contributed by atoms with Crippen molar-refractivity contribution in [2.45, 2.75) is 17.9 Å². The number of sulfonamides is 1. The van der Waals surface area contributed by atoms with E-state index in [1.807, 2.05) is 6.92 Å². The number of anilines is 1. The second kappa shape index (κ2) is 7.94. The normalized spacial score (nSPS) is 12.4. The van der Waals surface area contributed by atoms with Gasteiger partial charge in [0.25, 0.3) is 15.9 Å². The summed E-state index contributed by atoms with van der Waals surface area (Å²) >= 11 is 0. The molecule has 0 saturated carbocycles. The van der Waals surface area contributed by atoms with Crippen LogP contribution in [0.5, 0.6) is 0 Å². The maximum atomic E-state index is 12.2. The van der Waals surface area contributed by atoms with Gasteiger partial charge in [-0.15, -0.1) is 0 Å². The summed E-state index contributed by atoms with van der Waals surface area (Å²) in [5.74, 6) is -0.239. The van der Waals surface area contributed by atoms with Crippen LogP contribution >= 0.6 is 0 Å². The van der Waals surface area contributed by atoms with Crippen LogP contribution < -0.4 is 10.0 Å². The highest BCUT2D eigenvalue weighted by Crippen LogP contribution is 2.16. The number of benzene rings is 2. The minimum atomic E-state index is -3.64. The van der Waals surface area contributed by atoms with Crippen LogP contribution in [-0.2, 0) is 14.8 Å². The summed E-state index contributed by atoms with van der Waals surface area (Å²) in [4.78, 5) is 12.2. The highest BCUT2D eigenvalue weighted by atomic mass is 32.2. The Morgan fingerprint density at radius 2 is 1.71 bits per heavy atom. The lowest BCUT2D eigenvalue weighted by Gasteiger charge is -2.13. The van der Waals surface area contributed by atoms with Crippen LogP contribution in [0.2, 0.25) is 0 Å². The zero-order valence-corrected chi connectivity index (χ0v) is 14.3. The third-order valence-electron chi connectivity index (χ3n) is 3.25. The Bertz CT molecular complexity index is 774. The Hall–Kier alpha value is -2.38. The molecule has 1 unspecified atom stereocenters. The molecule has 7 heteroatoms. The highest BCUT2D eigenvalue weighted by Gasteiger charge is 2.14. The zero-order valence-electron chi connectivity index (χ0n) is 13.5.